The van der Waals surface area contributed by atoms with E-state index in [0.29, 0.717) is 19.6 Å². The van der Waals surface area contributed by atoms with Crippen LogP contribution in [-0.2, 0) is 27.8 Å². The van der Waals surface area contributed by atoms with Crippen LogP contribution in [0.4, 0.5) is 0 Å². The van der Waals surface area contributed by atoms with Gasteiger partial charge in [0, 0.05) is 26.6 Å². The number of fused-ring (bicyclic) bond motifs is 2. The lowest BCUT2D eigenvalue weighted by Crippen LogP contribution is -2.65. The predicted molar refractivity (Wildman–Crippen MR) is 65.8 cm³/mol. The average Bonchev–Trinajstić information content (AvgIpc) is 2.36. The Hall–Kier alpha value is -0.0100. The van der Waals surface area contributed by atoms with E-state index >= 15 is 0 Å². The van der Waals surface area contributed by atoms with Crippen molar-refractivity contribution in [2.24, 2.45) is 5.92 Å². The van der Waals surface area contributed by atoms with E-state index in [1.165, 1.54) is 0 Å². The second kappa shape index (κ2) is 5.77. The summed E-state index contributed by atoms with van der Waals surface area (Å²) >= 11 is 0. The second-order valence-electron chi connectivity index (χ2n) is 5.05. The molecular formula is C11H21O7P. The molecule has 2 saturated heterocycles. The molecule has 2 bridgehead atoms. The number of hydrogen-bond donors (Lipinski definition) is 1. The summed E-state index contributed by atoms with van der Waals surface area (Å²) in [4.78, 5) is 9.56. The summed E-state index contributed by atoms with van der Waals surface area (Å²) in [5.41, 5.74) is -0.749. The number of ether oxygens (including phenoxy) is 3. The van der Waals surface area contributed by atoms with Gasteiger partial charge in [-0.25, -0.2) is 4.57 Å². The average molecular weight is 296 g/mol. The van der Waals surface area contributed by atoms with Gasteiger partial charge in [-0.3, -0.25) is 9.05 Å². The summed E-state index contributed by atoms with van der Waals surface area (Å²) in [7, 11) is -1.41. The molecule has 2 aliphatic rings. The molecule has 0 aromatic heterocycles. The van der Waals surface area contributed by atoms with Crippen molar-refractivity contribution in [2.75, 3.05) is 34.0 Å². The molecule has 5 atom stereocenters. The van der Waals surface area contributed by atoms with Crippen molar-refractivity contribution in [1.82, 2.24) is 0 Å². The maximum Gasteiger partial charge on any atom is 0.472 e. The first kappa shape index (κ1) is 15.4. The van der Waals surface area contributed by atoms with Gasteiger partial charge >= 0.3 is 7.82 Å². The highest BCUT2D eigenvalue weighted by atomic mass is 31.2. The van der Waals surface area contributed by atoms with Crippen molar-refractivity contribution in [3.63, 3.8) is 0 Å². The Labute approximate surface area is 112 Å². The van der Waals surface area contributed by atoms with Crippen LogP contribution in [0.25, 0.3) is 0 Å². The maximum atomic E-state index is 11.7. The van der Waals surface area contributed by atoms with E-state index in [1.807, 2.05) is 6.92 Å². The van der Waals surface area contributed by atoms with E-state index in [2.05, 4.69) is 4.52 Å². The van der Waals surface area contributed by atoms with Gasteiger partial charge in [-0.2, -0.15) is 0 Å². The standard InChI is InChI=1S/C11H21O7P/c1-8-6-17-11(7-14-2)4-5-16-9(8)10(11)18-19(12,13)15-3/h8-10H,4-7H2,1-3H3,(H,12,13)/t8-,9-,10+,11-/m1/s1. The summed E-state index contributed by atoms with van der Waals surface area (Å²) < 4.78 is 38.2. The Kier molecular flexibility index (Phi) is 4.67. The largest absolute Gasteiger partial charge is 0.472 e. The van der Waals surface area contributed by atoms with Crippen molar-refractivity contribution in [3.8, 4) is 0 Å². The third-order valence-corrected chi connectivity index (χ3v) is 4.67. The monoisotopic (exact) mass is 296 g/mol. The molecule has 112 valence electrons. The highest BCUT2D eigenvalue weighted by Crippen LogP contribution is 2.50. The molecule has 0 radical (unpaired) electrons. The van der Waals surface area contributed by atoms with Crippen LogP contribution in [0.15, 0.2) is 0 Å². The van der Waals surface area contributed by atoms with Crippen LogP contribution in [0.5, 0.6) is 0 Å². The van der Waals surface area contributed by atoms with Gasteiger partial charge in [0.05, 0.1) is 25.9 Å². The summed E-state index contributed by atoms with van der Waals surface area (Å²) in [6.45, 7) is 3.27. The topological polar surface area (TPSA) is 83.5 Å². The van der Waals surface area contributed by atoms with Crippen molar-refractivity contribution in [3.05, 3.63) is 0 Å². The van der Waals surface area contributed by atoms with Crippen LogP contribution in [0.1, 0.15) is 13.3 Å². The Bertz CT molecular complexity index is 359. The molecule has 1 unspecified atom stereocenters. The number of phosphoric ester groups is 1. The van der Waals surface area contributed by atoms with Gasteiger partial charge in [-0.05, 0) is 0 Å². The molecule has 0 aliphatic carbocycles. The minimum absolute atomic E-state index is 0.0761. The highest BCUT2D eigenvalue weighted by molar-refractivity contribution is 7.47. The number of methoxy groups -OCH3 is 1. The highest BCUT2D eigenvalue weighted by Gasteiger charge is 2.56. The first-order valence-corrected chi connectivity index (χ1v) is 7.75. The van der Waals surface area contributed by atoms with Crippen molar-refractivity contribution >= 4 is 7.82 Å². The molecule has 2 heterocycles. The van der Waals surface area contributed by atoms with Crippen molar-refractivity contribution in [1.29, 1.82) is 0 Å². The van der Waals surface area contributed by atoms with E-state index < -0.39 is 19.5 Å². The molecule has 8 heteroatoms. The SMILES string of the molecule is COC[C@@]12CCO[C@H]([C@H](C)CO1)[C@@H]2OP(=O)(O)OC. The van der Waals surface area contributed by atoms with Gasteiger partial charge < -0.3 is 19.1 Å². The van der Waals surface area contributed by atoms with E-state index in [4.69, 9.17) is 18.7 Å². The van der Waals surface area contributed by atoms with Gasteiger partial charge in [0.25, 0.3) is 0 Å². The quantitative estimate of drug-likeness (QED) is 0.756. The zero-order valence-electron chi connectivity index (χ0n) is 11.4. The zero-order chi connectivity index (χ0) is 14.1. The Morgan fingerprint density at radius 1 is 1.47 bits per heavy atom. The normalized spacial score (nSPS) is 41.8. The molecule has 7 nitrogen and oxygen atoms in total. The molecule has 19 heavy (non-hydrogen) atoms. The molecule has 2 fully saturated rings. The maximum absolute atomic E-state index is 11.7. The summed E-state index contributed by atoms with van der Waals surface area (Å²) in [5.74, 6) is 0.0761. The van der Waals surface area contributed by atoms with Gasteiger partial charge in [0.2, 0.25) is 0 Å². The van der Waals surface area contributed by atoms with Crippen LogP contribution < -0.4 is 0 Å². The van der Waals surface area contributed by atoms with Crippen LogP contribution in [0.2, 0.25) is 0 Å². The predicted octanol–water partition coefficient (Wildman–Crippen LogP) is 0.959. The number of rotatable bonds is 5. The third-order valence-electron chi connectivity index (χ3n) is 3.71. The Balaban J connectivity index is 2.25. The summed E-state index contributed by atoms with van der Waals surface area (Å²) in [6.07, 6.45) is -0.424. The lowest BCUT2D eigenvalue weighted by atomic mass is 9.80. The van der Waals surface area contributed by atoms with E-state index in [1.54, 1.807) is 7.11 Å². The minimum atomic E-state index is -4.10. The molecule has 2 aliphatic heterocycles. The summed E-state index contributed by atoms with van der Waals surface area (Å²) in [6, 6.07) is 0. The molecule has 0 spiro atoms. The minimum Gasteiger partial charge on any atom is -0.382 e. The Morgan fingerprint density at radius 3 is 2.84 bits per heavy atom. The first-order valence-electron chi connectivity index (χ1n) is 6.25. The van der Waals surface area contributed by atoms with Crippen molar-refractivity contribution < 1.29 is 32.7 Å². The fourth-order valence-corrected chi connectivity index (χ4v) is 3.37. The molecule has 2 rings (SSSR count). The van der Waals surface area contributed by atoms with Crippen molar-refractivity contribution in [2.45, 2.75) is 31.2 Å². The smallest absolute Gasteiger partial charge is 0.382 e. The van der Waals surface area contributed by atoms with Crippen LogP contribution in [-0.4, -0.2) is 56.7 Å². The summed E-state index contributed by atoms with van der Waals surface area (Å²) in [5, 5.41) is 0. The number of hydrogen-bond acceptors (Lipinski definition) is 6. The van der Waals surface area contributed by atoms with Gasteiger partial charge in [0.15, 0.2) is 0 Å². The van der Waals surface area contributed by atoms with Crippen LogP contribution in [0, 0.1) is 5.92 Å². The molecular weight excluding hydrogens is 275 g/mol. The molecule has 0 aromatic carbocycles. The van der Waals surface area contributed by atoms with Gasteiger partial charge in [-0.1, -0.05) is 6.92 Å². The van der Waals surface area contributed by atoms with E-state index in [-0.39, 0.29) is 18.6 Å². The van der Waals surface area contributed by atoms with Gasteiger partial charge in [-0.15, -0.1) is 0 Å². The van der Waals surface area contributed by atoms with Crippen LogP contribution in [0.3, 0.4) is 0 Å². The Morgan fingerprint density at radius 2 is 2.21 bits per heavy atom. The molecule has 0 aromatic rings. The lowest BCUT2D eigenvalue weighted by molar-refractivity contribution is -0.273. The van der Waals surface area contributed by atoms with Crippen LogP contribution >= 0.6 is 7.82 Å². The molecule has 1 N–H and O–H groups in total. The second-order valence-corrected chi connectivity index (χ2v) is 6.56. The zero-order valence-corrected chi connectivity index (χ0v) is 12.3. The number of phosphoric acid groups is 1. The van der Waals surface area contributed by atoms with E-state index in [9.17, 15) is 9.46 Å². The third kappa shape index (κ3) is 3.03. The first-order chi connectivity index (χ1) is 8.94. The van der Waals surface area contributed by atoms with E-state index in [0.717, 1.165) is 7.11 Å². The molecule has 0 saturated carbocycles. The lowest BCUT2D eigenvalue weighted by Gasteiger charge is -2.52. The van der Waals surface area contributed by atoms with Gasteiger partial charge in [0.1, 0.15) is 11.7 Å². The molecule has 0 amide bonds. The fourth-order valence-electron chi connectivity index (χ4n) is 2.69. The fraction of sp³-hybridized carbons (Fsp3) is 1.00.